The predicted octanol–water partition coefficient (Wildman–Crippen LogP) is 5.13. The monoisotopic (exact) mass is 421 g/mol. The zero-order valence-corrected chi connectivity index (χ0v) is 18.0. The smallest absolute Gasteiger partial charge is 0.237 e. The fourth-order valence-electron chi connectivity index (χ4n) is 2.92. The van der Waals surface area contributed by atoms with Crippen LogP contribution in [0.2, 0.25) is 0 Å². The summed E-state index contributed by atoms with van der Waals surface area (Å²) in [5, 5.41) is 13.7. The first kappa shape index (κ1) is 20.2. The Kier molecular flexibility index (Phi) is 6.13. The number of hydrogen-bond acceptors (Lipinski definition) is 7. The van der Waals surface area contributed by atoms with Gasteiger partial charge in [-0.15, -0.1) is 10.2 Å². The van der Waals surface area contributed by atoms with E-state index in [0.29, 0.717) is 24.1 Å². The topological polar surface area (TPSA) is 78.9 Å². The molecule has 154 valence electrons. The highest BCUT2D eigenvalue weighted by Crippen LogP contribution is 2.30. The van der Waals surface area contributed by atoms with E-state index in [-0.39, 0.29) is 5.92 Å². The summed E-state index contributed by atoms with van der Waals surface area (Å²) >= 11 is 1.51. The maximum absolute atomic E-state index is 5.58. The van der Waals surface area contributed by atoms with E-state index in [1.54, 1.807) is 0 Å². The fraction of sp³-hybridized carbons (Fsp3) is 0.273. The highest BCUT2D eigenvalue weighted by Gasteiger charge is 2.18. The molecular weight excluding hydrogens is 398 g/mol. The van der Waals surface area contributed by atoms with Gasteiger partial charge in [-0.2, -0.15) is 4.98 Å². The van der Waals surface area contributed by atoms with Gasteiger partial charge in [0.1, 0.15) is 5.75 Å². The van der Waals surface area contributed by atoms with E-state index in [9.17, 15) is 0 Å². The van der Waals surface area contributed by atoms with Crippen molar-refractivity contribution >= 4 is 11.8 Å². The third-order valence-electron chi connectivity index (χ3n) is 4.40. The molecule has 8 heteroatoms. The van der Waals surface area contributed by atoms with Gasteiger partial charge in [0.05, 0.1) is 12.4 Å². The van der Waals surface area contributed by atoms with Crippen LogP contribution in [0.25, 0.3) is 17.1 Å². The van der Waals surface area contributed by atoms with E-state index in [0.717, 1.165) is 28.0 Å². The Hall–Kier alpha value is -3.13. The van der Waals surface area contributed by atoms with Crippen molar-refractivity contribution in [3.8, 4) is 22.8 Å². The number of thioether (sulfide) groups is 1. The van der Waals surface area contributed by atoms with Gasteiger partial charge in [0, 0.05) is 17.2 Å². The van der Waals surface area contributed by atoms with Crippen molar-refractivity contribution in [1.82, 2.24) is 24.9 Å². The number of nitrogens with zero attached hydrogens (tertiary/aromatic N) is 5. The summed E-state index contributed by atoms with van der Waals surface area (Å²) in [4.78, 5) is 4.45. The second-order valence-electron chi connectivity index (χ2n) is 6.92. The van der Waals surface area contributed by atoms with Gasteiger partial charge in [0.2, 0.25) is 5.89 Å². The van der Waals surface area contributed by atoms with Gasteiger partial charge >= 0.3 is 0 Å². The molecular formula is C22H23N5O2S. The van der Waals surface area contributed by atoms with Crippen LogP contribution in [-0.2, 0) is 5.75 Å². The van der Waals surface area contributed by atoms with Crippen molar-refractivity contribution in [2.75, 3.05) is 6.61 Å². The molecule has 0 bridgehead atoms. The Balaban J connectivity index is 1.66. The van der Waals surface area contributed by atoms with Gasteiger partial charge in [0.25, 0.3) is 0 Å². The molecule has 7 nitrogen and oxygen atoms in total. The van der Waals surface area contributed by atoms with Crippen LogP contribution in [0.5, 0.6) is 5.75 Å². The van der Waals surface area contributed by atoms with E-state index >= 15 is 0 Å². The number of rotatable bonds is 8. The lowest BCUT2D eigenvalue weighted by atomic mass is 10.2. The normalized spacial score (nSPS) is 11.2. The standard InChI is InChI=1S/C22H23N5O2S/c1-4-28-18-12-10-17(11-13-18)27-21(16-8-6-5-7-9-16)24-25-22(27)30-14-19-23-20(15(2)3)26-29-19/h5-13,15H,4,14H2,1-3H3. The third kappa shape index (κ3) is 4.38. The molecule has 4 rings (SSSR count). The van der Waals surface area contributed by atoms with Crippen molar-refractivity contribution < 1.29 is 9.26 Å². The van der Waals surface area contributed by atoms with Gasteiger partial charge in [-0.25, -0.2) is 0 Å². The minimum absolute atomic E-state index is 0.227. The first-order valence-electron chi connectivity index (χ1n) is 9.85. The lowest BCUT2D eigenvalue weighted by Crippen LogP contribution is -2.00. The first-order valence-corrected chi connectivity index (χ1v) is 10.8. The molecule has 2 aromatic heterocycles. The van der Waals surface area contributed by atoms with Crippen LogP contribution in [0.3, 0.4) is 0 Å². The van der Waals surface area contributed by atoms with Crippen molar-refractivity contribution in [3.05, 3.63) is 66.3 Å². The van der Waals surface area contributed by atoms with Gasteiger partial charge < -0.3 is 9.26 Å². The van der Waals surface area contributed by atoms with Crippen molar-refractivity contribution in [2.24, 2.45) is 0 Å². The molecule has 0 atom stereocenters. The quantitative estimate of drug-likeness (QED) is 0.365. The SMILES string of the molecule is CCOc1ccc(-n2c(SCc3nc(C(C)C)no3)nnc2-c2ccccc2)cc1. The molecule has 0 fully saturated rings. The molecule has 0 aliphatic carbocycles. The number of benzene rings is 2. The zero-order valence-electron chi connectivity index (χ0n) is 17.1. The average Bonchev–Trinajstić information content (AvgIpc) is 3.41. The summed E-state index contributed by atoms with van der Waals surface area (Å²) in [6.07, 6.45) is 0. The van der Waals surface area contributed by atoms with Crippen LogP contribution < -0.4 is 4.74 Å². The van der Waals surface area contributed by atoms with Gasteiger partial charge in [-0.05, 0) is 31.2 Å². The second kappa shape index (κ2) is 9.13. The number of aromatic nitrogens is 5. The number of ether oxygens (including phenoxy) is 1. The lowest BCUT2D eigenvalue weighted by molar-refractivity contribution is 0.340. The van der Waals surface area contributed by atoms with E-state index in [1.165, 1.54) is 11.8 Å². The molecule has 0 N–H and O–H groups in total. The molecule has 30 heavy (non-hydrogen) atoms. The van der Waals surface area contributed by atoms with Gasteiger partial charge in [-0.3, -0.25) is 4.57 Å². The summed E-state index contributed by atoms with van der Waals surface area (Å²) < 4.78 is 13.0. The summed E-state index contributed by atoms with van der Waals surface area (Å²) in [6, 6.07) is 17.9. The summed E-state index contributed by atoms with van der Waals surface area (Å²) in [7, 11) is 0. The molecule has 0 radical (unpaired) electrons. The van der Waals surface area contributed by atoms with Crippen LogP contribution in [0.15, 0.2) is 64.3 Å². The summed E-state index contributed by atoms with van der Waals surface area (Å²) in [6.45, 7) is 6.68. The Morgan fingerprint density at radius 1 is 1.03 bits per heavy atom. The molecule has 0 saturated heterocycles. The zero-order chi connectivity index (χ0) is 20.9. The Bertz CT molecular complexity index is 1090. The molecule has 0 amide bonds. The molecule has 2 aromatic carbocycles. The Morgan fingerprint density at radius 3 is 2.47 bits per heavy atom. The lowest BCUT2D eigenvalue weighted by Gasteiger charge is -2.11. The Labute approximate surface area is 179 Å². The Morgan fingerprint density at radius 2 is 1.80 bits per heavy atom. The molecule has 2 heterocycles. The highest BCUT2D eigenvalue weighted by molar-refractivity contribution is 7.98. The highest BCUT2D eigenvalue weighted by atomic mass is 32.2. The molecule has 0 spiro atoms. The second-order valence-corrected chi connectivity index (χ2v) is 7.87. The van der Waals surface area contributed by atoms with Crippen LogP contribution in [0, 0.1) is 0 Å². The van der Waals surface area contributed by atoms with Crippen LogP contribution in [0.1, 0.15) is 38.4 Å². The minimum atomic E-state index is 0.227. The average molecular weight is 422 g/mol. The summed E-state index contributed by atoms with van der Waals surface area (Å²) in [5.74, 6) is 3.64. The van der Waals surface area contributed by atoms with E-state index in [1.807, 2.05) is 79.9 Å². The van der Waals surface area contributed by atoms with Gasteiger partial charge in [-0.1, -0.05) is 61.1 Å². The fourth-order valence-corrected chi connectivity index (χ4v) is 3.71. The summed E-state index contributed by atoms with van der Waals surface area (Å²) in [5.41, 5.74) is 1.95. The van der Waals surface area contributed by atoms with E-state index in [4.69, 9.17) is 9.26 Å². The van der Waals surface area contributed by atoms with Crippen molar-refractivity contribution in [1.29, 1.82) is 0 Å². The van der Waals surface area contributed by atoms with Crippen molar-refractivity contribution in [2.45, 2.75) is 37.6 Å². The van der Waals surface area contributed by atoms with Crippen LogP contribution in [-0.4, -0.2) is 31.5 Å². The predicted molar refractivity (Wildman–Crippen MR) is 116 cm³/mol. The molecule has 4 aromatic rings. The maximum atomic E-state index is 5.58. The largest absolute Gasteiger partial charge is 0.494 e. The first-order chi connectivity index (χ1) is 14.7. The minimum Gasteiger partial charge on any atom is -0.494 e. The molecule has 0 aliphatic rings. The van der Waals surface area contributed by atoms with Crippen LogP contribution >= 0.6 is 11.8 Å². The van der Waals surface area contributed by atoms with E-state index < -0.39 is 0 Å². The van der Waals surface area contributed by atoms with Crippen molar-refractivity contribution in [3.63, 3.8) is 0 Å². The van der Waals surface area contributed by atoms with Crippen LogP contribution in [0.4, 0.5) is 0 Å². The molecule has 0 saturated carbocycles. The van der Waals surface area contributed by atoms with Gasteiger partial charge in [0.15, 0.2) is 16.8 Å². The molecule has 0 aliphatic heterocycles. The maximum Gasteiger partial charge on any atom is 0.237 e. The molecule has 0 unspecified atom stereocenters. The third-order valence-corrected chi connectivity index (χ3v) is 5.31. The number of hydrogen-bond donors (Lipinski definition) is 0. The van der Waals surface area contributed by atoms with E-state index in [2.05, 4.69) is 20.3 Å².